The molecule has 30 heavy (non-hydrogen) atoms. The third-order valence-corrected chi connectivity index (χ3v) is 10.3. The zero-order valence-electron chi connectivity index (χ0n) is 19.1. The van der Waals surface area contributed by atoms with Crippen molar-refractivity contribution in [2.45, 2.75) is 90.8 Å². The second kappa shape index (κ2) is 7.88. The van der Waals surface area contributed by atoms with E-state index in [1.807, 2.05) is 0 Å². The Morgan fingerprint density at radius 1 is 1.17 bits per heavy atom. The standard InChI is InChI=1S/C25H40O5/c1-14(5-8-22(29)30-4)17-6-7-18-23-19(13-21(28)25(17,18)3)24(2)10-9-16(26)11-15(24)12-20(23)27/h14-19,21,23,26,28H,5-13H2,1-4H3/t14-,15+,16-,17-,18+,19-,21+,23+,24+,25-/m1/s1. The first-order valence-corrected chi connectivity index (χ1v) is 12.1. The van der Waals surface area contributed by atoms with Crippen LogP contribution in [0, 0.1) is 46.3 Å². The molecular weight excluding hydrogens is 380 g/mol. The number of ether oxygens (including phenoxy) is 1. The zero-order valence-corrected chi connectivity index (χ0v) is 19.1. The van der Waals surface area contributed by atoms with Crippen LogP contribution in [-0.4, -0.2) is 41.3 Å². The van der Waals surface area contributed by atoms with Gasteiger partial charge in [0.25, 0.3) is 0 Å². The van der Waals surface area contributed by atoms with Crippen LogP contribution in [0.1, 0.15) is 78.6 Å². The van der Waals surface area contributed by atoms with Crippen LogP contribution in [0.2, 0.25) is 0 Å². The first kappa shape index (κ1) is 22.3. The van der Waals surface area contributed by atoms with Crippen molar-refractivity contribution in [3.8, 4) is 0 Å². The van der Waals surface area contributed by atoms with Gasteiger partial charge < -0.3 is 14.9 Å². The summed E-state index contributed by atoms with van der Waals surface area (Å²) < 4.78 is 4.82. The van der Waals surface area contributed by atoms with Gasteiger partial charge in [0.05, 0.1) is 19.3 Å². The molecule has 10 atom stereocenters. The fourth-order valence-electron chi connectivity index (χ4n) is 8.49. The van der Waals surface area contributed by atoms with Crippen molar-refractivity contribution in [2.24, 2.45) is 46.3 Å². The second-order valence-corrected chi connectivity index (χ2v) is 11.4. The summed E-state index contributed by atoms with van der Waals surface area (Å²) in [6, 6.07) is 0. The Labute approximate surface area is 180 Å². The number of carbonyl (C=O) groups excluding carboxylic acids is 2. The second-order valence-electron chi connectivity index (χ2n) is 11.4. The van der Waals surface area contributed by atoms with Gasteiger partial charge in [0.1, 0.15) is 5.78 Å². The van der Waals surface area contributed by atoms with Crippen LogP contribution in [0.3, 0.4) is 0 Å². The van der Waals surface area contributed by atoms with Crippen molar-refractivity contribution in [3.63, 3.8) is 0 Å². The smallest absolute Gasteiger partial charge is 0.305 e. The van der Waals surface area contributed by atoms with Gasteiger partial charge in [-0.2, -0.15) is 0 Å². The number of methoxy groups -OCH3 is 1. The maximum Gasteiger partial charge on any atom is 0.305 e. The first-order chi connectivity index (χ1) is 14.1. The van der Waals surface area contributed by atoms with E-state index >= 15 is 0 Å². The minimum Gasteiger partial charge on any atom is -0.469 e. The molecule has 4 aliphatic rings. The predicted octanol–water partition coefficient (Wildman–Crippen LogP) is 3.75. The molecule has 0 aromatic rings. The number of aliphatic hydroxyl groups excluding tert-OH is 2. The highest BCUT2D eigenvalue weighted by molar-refractivity contribution is 5.83. The summed E-state index contributed by atoms with van der Waals surface area (Å²) in [7, 11) is 1.43. The van der Waals surface area contributed by atoms with Crippen molar-refractivity contribution >= 4 is 11.8 Å². The fourth-order valence-corrected chi connectivity index (χ4v) is 8.49. The molecule has 4 saturated carbocycles. The fraction of sp³-hybridized carbons (Fsp3) is 0.920. The number of hydrogen-bond acceptors (Lipinski definition) is 5. The van der Waals surface area contributed by atoms with Crippen molar-refractivity contribution in [3.05, 3.63) is 0 Å². The van der Waals surface area contributed by atoms with Crippen LogP contribution in [-0.2, 0) is 14.3 Å². The SMILES string of the molecule is COC(=O)CC[C@@H](C)[C@H]1CC[C@H]2[C@@H]3C(=O)C[C@@H]4C[C@H](O)CC[C@]4(C)[C@@H]3C[C@H](O)[C@]12C. The lowest BCUT2D eigenvalue weighted by molar-refractivity contribution is -0.182. The molecule has 5 nitrogen and oxygen atoms in total. The Balaban J connectivity index is 1.59. The van der Waals surface area contributed by atoms with Gasteiger partial charge in [0.2, 0.25) is 0 Å². The highest BCUT2D eigenvalue weighted by atomic mass is 16.5. The average Bonchev–Trinajstić information content (AvgIpc) is 3.06. The van der Waals surface area contributed by atoms with Crippen molar-refractivity contribution < 1.29 is 24.5 Å². The Morgan fingerprint density at radius 2 is 1.90 bits per heavy atom. The predicted molar refractivity (Wildman–Crippen MR) is 113 cm³/mol. The molecule has 0 radical (unpaired) electrons. The molecule has 4 fully saturated rings. The molecule has 5 heteroatoms. The number of carbonyl (C=O) groups is 2. The molecule has 4 aliphatic carbocycles. The maximum absolute atomic E-state index is 13.4. The molecule has 0 aromatic heterocycles. The molecule has 2 N–H and O–H groups in total. The van der Waals surface area contributed by atoms with Gasteiger partial charge >= 0.3 is 5.97 Å². The highest BCUT2D eigenvalue weighted by Gasteiger charge is 2.65. The van der Waals surface area contributed by atoms with Crippen LogP contribution in [0.15, 0.2) is 0 Å². The van der Waals surface area contributed by atoms with Gasteiger partial charge in [-0.05, 0) is 80.0 Å². The lowest BCUT2D eigenvalue weighted by Crippen LogP contribution is -2.61. The Kier molecular flexibility index (Phi) is 5.85. The van der Waals surface area contributed by atoms with Crippen molar-refractivity contribution in [1.29, 1.82) is 0 Å². The van der Waals surface area contributed by atoms with E-state index < -0.39 is 6.10 Å². The van der Waals surface area contributed by atoms with Crippen LogP contribution in [0.5, 0.6) is 0 Å². The van der Waals surface area contributed by atoms with Gasteiger partial charge in [-0.3, -0.25) is 9.59 Å². The van der Waals surface area contributed by atoms with E-state index in [0.29, 0.717) is 36.9 Å². The summed E-state index contributed by atoms with van der Waals surface area (Å²) in [6.45, 7) is 6.74. The molecule has 0 heterocycles. The molecule has 0 aromatic carbocycles. The summed E-state index contributed by atoms with van der Waals surface area (Å²) in [5.74, 6) is 1.61. The third kappa shape index (κ3) is 3.26. The minimum absolute atomic E-state index is 0.0488. The van der Waals surface area contributed by atoms with Crippen LogP contribution >= 0.6 is 0 Å². The van der Waals surface area contributed by atoms with E-state index in [-0.39, 0.29) is 46.6 Å². The summed E-state index contributed by atoms with van der Waals surface area (Å²) >= 11 is 0. The number of hydrogen-bond donors (Lipinski definition) is 2. The Hall–Kier alpha value is -0.940. The third-order valence-electron chi connectivity index (χ3n) is 10.3. The van der Waals surface area contributed by atoms with Crippen LogP contribution in [0.4, 0.5) is 0 Å². The monoisotopic (exact) mass is 420 g/mol. The molecule has 0 spiro atoms. The Morgan fingerprint density at radius 3 is 2.60 bits per heavy atom. The minimum atomic E-state index is -0.410. The Bertz CT molecular complexity index is 691. The van der Waals surface area contributed by atoms with E-state index in [0.717, 1.165) is 38.5 Å². The molecule has 0 amide bonds. The summed E-state index contributed by atoms with van der Waals surface area (Å²) in [5, 5.41) is 21.7. The number of rotatable bonds is 4. The molecule has 0 bridgehead atoms. The molecule has 0 saturated heterocycles. The normalized spacial score (nSPS) is 49.0. The van der Waals surface area contributed by atoms with Crippen LogP contribution in [0.25, 0.3) is 0 Å². The summed E-state index contributed by atoms with van der Waals surface area (Å²) in [5.41, 5.74) is -0.210. The molecule has 170 valence electrons. The van der Waals surface area contributed by atoms with E-state index in [9.17, 15) is 19.8 Å². The lowest BCUT2D eigenvalue weighted by Gasteiger charge is -2.61. The van der Waals surface area contributed by atoms with Gasteiger partial charge in [-0.25, -0.2) is 0 Å². The summed E-state index contributed by atoms with van der Waals surface area (Å²) in [4.78, 5) is 25.1. The largest absolute Gasteiger partial charge is 0.469 e. The lowest BCUT2D eigenvalue weighted by atomic mass is 9.43. The van der Waals surface area contributed by atoms with E-state index in [1.54, 1.807) is 0 Å². The van der Waals surface area contributed by atoms with E-state index in [2.05, 4.69) is 20.8 Å². The quantitative estimate of drug-likeness (QED) is 0.677. The number of aliphatic hydroxyl groups is 2. The summed E-state index contributed by atoms with van der Waals surface area (Å²) in [6.07, 6.45) is 6.32. The average molecular weight is 421 g/mol. The number of ketones is 1. The number of Topliss-reactive ketones (excluding diaryl/α,β-unsaturated/α-hetero) is 1. The zero-order chi connectivity index (χ0) is 21.8. The molecule has 0 unspecified atom stereocenters. The van der Waals surface area contributed by atoms with E-state index in [4.69, 9.17) is 4.74 Å². The highest BCUT2D eigenvalue weighted by Crippen LogP contribution is 2.67. The number of fused-ring (bicyclic) bond motifs is 5. The first-order valence-electron chi connectivity index (χ1n) is 12.1. The van der Waals surface area contributed by atoms with Crippen LogP contribution < -0.4 is 0 Å². The number of esters is 1. The molecular formula is C25H40O5. The van der Waals surface area contributed by atoms with Gasteiger partial charge in [-0.15, -0.1) is 0 Å². The van der Waals surface area contributed by atoms with Gasteiger partial charge in [-0.1, -0.05) is 20.8 Å². The molecule has 0 aliphatic heterocycles. The maximum atomic E-state index is 13.4. The van der Waals surface area contributed by atoms with Gasteiger partial charge in [0.15, 0.2) is 0 Å². The molecule has 4 rings (SSSR count). The van der Waals surface area contributed by atoms with Crippen molar-refractivity contribution in [1.82, 2.24) is 0 Å². The van der Waals surface area contributed by atoms with Gasteiger partial charge in [0, 0.05) is 24.2 Å². The van der Waals surface area contributed by atoms with E-state index in [1.165, 1.54) is 7.11 Å². The van der Waals surface area contributed by atoms with Crippen molar-refractivity contribution in [2.75, 3.05) is 7.11 Å². The topological polar surface area (TPSA) is 83.8 Å².